The molecule has 0 bridgehead atoms. The molecule has 0 spiro atoms. The quantitative estimate of drug-likeness (QED) is 0.402. The van der Waals surface area contributed by atoms with E-state index in [0.29, 0.717) is 29.6 Å². The first-order valence-electron chi connectivity index (χ1n) is 12.0. The van der Waals surface area contributed by atoms with Gasteiger partial charge in [0, 0.05) is 31.7 Å². The lowest BCUT2D eigenvalue weighted by Gasteiger charge is -2.32. The Morgan fingerprint density at radius 2 is 1.95 bits per heavy atom. The third-order valence-corrected chi connectivity index (χ3v) is 6.52. The maximum absolute atomic E-state index is 14.4. The molecule has 1 fully saturated rings. The van der Waals surface area contributed by atoms with E-state index in [4.69, 9.17) is 4.42 Å². The molecular formula is C25H26FN7O5. The highest BCUT2D eigenvalue weighted by Gasteiger charge is 2.38. The zero-order valence-electron chi connectivity index (χ0n) is 21.2. The summed E-state index contributed by atoms with van der Waals surface area (Å²) in [5.41, 5.74) is 0.625. The molecule has 1 aromatic carbocycles. The summed E-state index contributed by atoms with van der Waals surface area (Å²) in [5.74, 6) is -2.87. The molecule has 1 aliphatic heterocycles. The molecule has 4 aromatic rings. The van der Waals surface area contributed by atoms with Crippen molar-refractivity contribution in [1.29, 1.82) is 0 Å². The summed E-state index contributed by atoms with van der Waals surface area (Å²) in [6.45, 7) is 6.29. The Bertz CT molecular complexity index is 1660. The largest absolute Gasteiger partial charge is 0.419 e. The van der Waals surface area contributed by atoms with Crippen LogP contribution in [0.2, 0.25) is 0 Å². The van der Waals surface area contributed by atoms with Gasteiger partial charge in [0.15, 0.2) is 17.0 Å². The maximum atomic E-state index is 14.4. The molecule has 1 aliphatic rings. The molecule has 13 heteroatoms. The average Bonchev–Trinajstić information content (AvgIpc) is 3.52. The Morgan fingerprint density at radius 3 is 2.66 bits per heavy atom. The van der Waals surface area contributed by atoms with Crippen LogP contribution in [0.4, 0.5) is 4.39 Å². The Kier molecular flexibility index (Phi) is 6.00. The molecule has 1 atom stereocenters. The number of fused-ring (bicyclic) bond motifs is 2. The number of hydrogen-bond acceptors (Lipinski definition) is 7. The molecule has 1 saturated heterocycles. The van der Waals surface area contributed by atoms with Crippen molar-refractivity contribution in [2.75, 3.05) is 6.54 Å². The SMILES string of the molecule is Cn1c(=O)oc2ccc(CNC(=O)c3cc(C(=O)N[C@H]4CCN(C(C)(C)C)C4=O)n4ncc(F)c4n3)cc21. The Morgan fingerprint density at radius 1 is 1.18 bits per heavy atom. The monoisotopic (exact) mass is 523 g/mol. The number of likely N-dealkylation sites (tertiary alicyclic amines) is 1. The van der Waals surface area contributed by atoms with E-state index >= 15 is 0 Å². The first-order chi connectivity index (χ1) is 17.9. The minimum Gasteiger partial charge on any atom is -0.408 e. The van der Waals surface area contributed by atoms with Crippen LogP contribution in [0.15, 0.2) is 39.7 Å². The van der Waals surface area contributed by atoms with E-state index in [1.54, 1.807) is 30.1 Å². The lowest BCUT2D eigenvalue weighted by molar-refractivity contribution is -0.133. The van der Waals surface area contributed by atoms with Crippen molar-refractivity contribution < 1.29 is 23.2 Å². The summed E-state index contributed by atoms with van der Waals surface area (Å²) in [5, 5.41) is 9.25. The van der Waals surface area contributed by atoms with Gasteiger partial charge in [-0.15, -0.1) is 0 Å². The molecule has 5 rings (SSSR count). The summed E-state index contributed by atoms with van der Waals surface area (Å²) >= 11 is 0. The third-order valence-electron chi connectivity index (χ3n) is 6.52. The molecule has 0 unspecified atom stereocenters. The minimum atomic E-state index is -0.809. The predicted octanol–water partition coefficient (Wildman–Crippen LogP) is 1.37. The van der Waals surface area contributed by atoms with Crippen LogP contribution in [0.3, 0.4) is 0 Å². The second-order valence-corrected chi connectivity index (χ2v) is 10.1. The van der Waals surface area contributed by atoms with Crippen LogP contribution in [0.5, 0.6) is 0 Å². The molecule has 0 saturated carbocycles. The Hall–Kier alpha value is -4.55. The second kappa shape index (κ2) is 9.08. The van der Waals surface area contributed by atoms with E-state index < -0.39 is 35.0 Å². The van der Waals surface area contributed by atoms with Gasteiger partial charge in [-0.25, -0.2) is 18.7 Å². The number of aryl methyl sites for hydroxylation is 1. The highest BCUT2D eigenvalue weighted by molar-refractivity contribution is 6.00. The minimum absolute atomic E-state index is 0.0729. The fourth-order valence-electron chi connectivity index (χ4n) is 4.48. The smallest absolute Gasteiger partial charge is 0.408 e. The van der Waals surface area contributed by atoms with Crippen LogP contribution >= 0.6 is 0 Å². The highest BCUT2D eigenvalue weighted by Crippen LogP contribution is 2.22. The number of amides is 3. The van der Waals surface area contributed by atoms with Gasteiger partial charge in [0.1, 0.15) is 17.4 Å². The molecule has 3 aromatic heterocycles. The van der Waals surface area contributed by atoms with Gasteiger partial charge in [0.05, 0.1) is 11.7 Å². The highest BCUT2D eigenvalue weighted by atomic mass is 19.1. The van der Waals surface area contributed by atoms with Gasteiger partial charge in [-0.1, -0.05) is 6.07 Å². The van der Waals surface area contributed by atoms with Crippen LogP contribution in [0.1, 0.15) is 53.7 Å². The van der Waals surface area contributed by atoms with Crippen molar-refractivity contribution in [3.05, 3.63) is 63.8 Å². The molecule has 3 amide bonds. The van der Waals surface area contributed by atoms with Gasteiger partial charge in [-0.05, 0) is 44.9 Å². The van der Waals surface area contributed by atoms with Gasteiger partial charge < -0.3 is 20.0 Å². The van der Waals surface area contributed by atoms with Crippen molar-refractivity contribution in [1.82, 2.24) is 34.7 Å². The number of benzene rings is 1. The third kappa shape index (κ3) is 4.40. The molecule has 0 radical (unpaired) electrons. The van der Waals surface area contributed by atoms with E-state index in [9.17, 15) is 23.6 Å². The van der Waals surface area contributed by atoms with Crippen LogP contribution < -0.4 is 16.4 Å². The topological polar surface area (TPSA) is 144 Å². The van der Waals surface area contributed by atoms with Crippen molar-refractivity contribution in [3.8, 4) is 0 Å². The van der Waals surface area contributed by atoms with Crippen LogP contribution in [0.25, 0.3) is 16.7 Å². The van der Waals surface area contributed by atoms with Gasteiger partial charge in [-0.3, -0.25) is 19.0 Å². The van der Waals surface area contributed by atoms with Gasteiger partial charge in [0.2, 0.25) is 5.91 Å². The molecule has 12 nitrogen and oxygen atoms in total. The van der Waals surface area contributed by atoms with Crippen molar-refractivity contribution in [2.24, 2.45) is 7.05 Å². The molecule has 0 aliphatic carbocycles. The summed E-state index contributed by atoms with van der Waals surface area (Å²) in [6, 6.07) is 5.46. The molecule has 38 heavy (non-hydrogen) atoms. The molecule has 2 N–H and O–H groups in total. The van der Waals surface area contributed by atoms with Crippen LogP contribution in [-0.4, -0.2) is 59.9 Å². The Balaban J connectivity index is 1.37. The van der Waals surface area contributed by atoms with E-state index in [0.717, 1.165) is 10.7 Å². The molecule has 198 valence electrons. The standard InChI is InChI=1S/C25H26FN7O5/c1-25(2,3)32-8-7-15(23(32)36)30-22(35)18-10-16(29-20-14(26)12-28-33(18)20)21(34)27-11-13-5-6-19-17(9-13)31(4)24(37)38-19/h5-6,9-10,12,15H,7-8,11H2,1-4H3,(H,27,34)(H,30,35)/t15-/m0/s1. The van der Waals surface area contributed by atoms with E-state index in [1.807, 2.05) is 20.8 Å². The fraction of sp³-hybridized carbons (Fsp3) is 0.360. The summed E-state index contributed by atoms with van der Waals surface area (Å²) in [7, 11) is 1.57. The Labute approximate surface area is 215 Å². The number of aromatic nitrogens is 4. The summed E-state index contributed by atoms with van der Waals surface area (Å²) in [4.78, 5) is 56.4. The number of oxazole rings is 1. The van der Waals surface area contributed by atoms with E-state index in [2.05, 4.69) is 20.7 Å². The number of nitrogens with zero attached hydrogens (tertiary/aromatic N) is 5. The summed E-state index contributed by atoms with van der Waals surface area (Å²) < 4.78 is 21.9. The number of halogens is 1. The van der Waals surface area contributed by atoms with Crippen molar-refractivity contribution in [2.45, 2.75) is 45.3 Å². The normalized spacial score (nSPS) is 16.0. The number of carbonyl (C=O) groups excluding carboxylic acids is 3. The maximum Gasteiger partial charge on any atom is 0.419 e. The lowest BCUT2D eigenvalue weighted by Crippen LogP contribution is -2.48. The first kappa shape index (κ1) is 25.1. The van der Waals surface area contributed by atoms with Crippen molar-refractivity contribution >= 4 is 34.5 Å². The zero-order valence-corrected chi connectivity index (χ0v) is 21.2. The van der Waals surface area contributed by atoms with E-state index in [1.165, 1.54) is 10.6 Å². The predicted molar refractivity (Wildman–Crippen MR) is 133 cm³/mol. The molecular weight excluding hydrogens is 497 g/mol. The van der Waals surface area contributed by atoms with Crippen LogP contribution in [-0.2, 0) is 18.4 Å². The number of rotatable bonds is 5. The summed E-state index contributed by atoms with van der Waals surface area (Å²) in [6.07, 6.45) is 1.32. The first-order valence-corrected chi connectivity index (χ1v) is 12.0. The van der Waals surface area contributed by atoms with Gasteiger partial charge in [0.25, 0.3) is 11.8 Å². The number of hydrogen-bond donors (Lipinski definition) is 2. The second-order valence-electron chi connectivity index (χ2n) is 10.1. The van der Waals surface area contributed by atoms with Gasteiger partial charge >= 0.3 is 5.76 Å². The zero-order chi connectivity index (χ0) is 27.4. The molecule has 4 heterocycles. The number of carbonyl (C=O) groups is 3. The fourth-order valence-corrected chi connectivity index (χ4v) is 4.48. The lowest BCUT2D eigenvalue weighted by atomic mass is 10.1. The number of nitrogens with one attached hydrogen (secondary N) is 2. The van der Waals surface area contributed by atoms with E-state index in [-0.39, 0.29) is 29.5 Å². The van der Waals surface area contributed by atoms with Crippen molar-refractivity contribution in [3.63, 3.8) is 0 Å². The average molecular weight is 524 g/mol. The van der Waals surface area contributed by atoms with Gasteiger partial charge in [-0.2, -0.15) is 5.10 Å². The van der Waals surface area contributed by atoms with Crippen LogP contribution in [0, 0.1) is 5.82 Å².